The molecule has 6 nitrogen and oxygen atoms in total. The van der Waals surface area contributed by atoms with Gasteiger partial charge in [-0.2, -0.15) is 0 Å². The zero-order valence-electron chi connectivity index (χ0n) is 16.8. The number of amides is 1. The molecule has 0 aliphatic heterocycles. The molecule has 6 heteroatoms. The number of ketones is 1. The predicted molar refractivity (Wildman–Crippen MR) is 112 cm³/mol. The van der Waals surface area contributed by atoms with Crippen LogP contribution in [-0.4, -0.2) is 36.5 Å². The summed E-state index contributed by atoms with van der Waals surface area (Å²) in [5.41, 5.74) is 3.88. The van der Waals surface area contributed by atoms with Crippen molar-refractivity contribution in [3.63, 3.8) is 0 Å². The highest BCUT2D eigenvalue weighted by molar-refractivity contribution is 6.45. The van der Waals surface area contributed by atoms with Gasteiger partial charge in [0.15, 0.2) is 0 Å². The molecule has 0 saturated carbocycles. The number of nitrogens with one attached hydrogen (secondary N) is 2. The third-order valence-electron chi connectivity index (χ3n) is 4.62. The molecule has 2 N–H and O–H groups in total. The van der Waals surface area contributed by atoms with Crippen LogP contribution in [0.4, 0.5) is 0 Å². The standard InChI is InChI=1S/C23H26N2O4/c1-3-28-11-12-29-15-18-8-6-7-17(13-18)14-24-23(27)22(26)21-16(2)25-20-10-5-4-9-19(20)21/h4-10,13,25H,3,11-12,14-15H2,1-2H3,(H,24,27). The minimum absolute atomic E-state index is 0.277. The fraction of sp³-hybridized carbons (Fsp3) is 0.304. The van der Waals surface area contributed by atoms with Crippen LogP contribution in [0.3, 0.4) is 0 Å². The molecule has 1 aromatic heterocycles. The Morgan fingerprint density at radius 2 is 1.76 bits per heavy atom. The maximum atomic E-state index is 12.7. The number of fused-ring (bicyclic) bond motifs is 1. The third-order valence-corrected chi connectivity index (χ3v) is 4.62. The van der Waals surface area contributed by atoms with E-state index in [0.29, 0.717) is 37.7 Å². The Kier molecular flexibility index (Phi) is 7.16. The van der Waals surface area contributed by atoms with Crippen molar-refractivity contribution < 1.29 is 19.1 Å². The van der Waals surface area contributed by atoms with Crippen LogP contribution < -0.4 is 5.32 Å². The Morgan fingerprint density at radius 1 is 1.00 bits per heavy atom. The molecule has 0 spiro atoms. The summed E-state index contributed by atoms with van der Waals surface area (Å²) in [6.45, 7) is 6.28. The second kappa shape index (κ2) is 10.0. The average Bonchev–Trinajstić information content (AvgIpc) is 3.07. The van der Waals surface area contributed by atoms with Crippen LogP contribution in [0.1, 0.15) is 34.1 Å². The van der Waals surface area contributed by atoms with E-state index in [1.165, 1.54) is 0 Å². The van der Waals surface area contributed by atoms with Gasteiger partial charge in [-0.15, -0.1) is 0 Å². The van der Waals surface area contributed by atoms with Crippen molar-refractivity contribution >= 4 is 22.6 Å². The minimum Gasteiger partial charge on any atom is -0.379 e. The maximum absolute atomic E-state index is 12.7. The summed E-state index contributed by atoms with van der Waals surface area (Å²) in [6.07, 6.45) is 0. The first-order valence-corrected chi connectivity index (χ1v) is 9.73. The van der Waals surface area contributed by atoms with Gasteiger partial charge in [-0.3, -0.25) is 9.59 Å². The number of benzene rings is 2. The summed E-state index contributed by atoms with van der Waals surface area (Å²) in [6, 6.07) is 15.2. The summed E-state index contributed by atoms with van der Waals surface area (Å²) in [7, 11) is 0. The SMILES string of the molecule is CCOCCOCc1cccc(CNC(=O)C(=O)c2c(C)[nH]c3ccccc23)c1. The zero-order valence-corrected chi connectivity index (χ0v) is 16.8. The number of rotatable bonds is 10. The second-order valence-electron chi connectivity index (χ2n) is 6.75. The number of aromatic amines is 1. The van der Waals surface area contributed by atoms with E-state index in [-0.39, 0.29) is 6.54 Å². The van der Waals surface area contributed by atoms with Crippen molar-refractivity contribution in [3.8, 4) is 0 Å². The number of H-pyrrole nitrogens is 1. The number of ether oxygens (including phenoxy) is 2. The van der Waals surface area contributed by atoms with E-state index >= 15 is 0 Å². The molecule has 0 aliphatic carbocycles. The lowest BCUT2D eigenvalue weighted by Gasteiger charge is -2.08. The number of carbonyl (C=O) groups is 2. The molecule has 0 atom stereocenters. The molecule has 3 aromatic rings. The summed E-state index contributed by atoms with van der Waals surface area (Å²) in [5, 5.41) is 3.49. The van der Waals surface area contributed by atoms with Gasteiger partial charge in [-0.05, 0) is 31.0 Å². The minimum atomic E-state index is -0.615. The largest absolute Gasteiger partial charge is 0.379 e. The second-order valence-corrected chi connectivity index (χ2v) is 6.75. The molecule has 0 bridgehead atoms. The van der Waals surface area contributed by atoms with E-state index in [1.807, 2.05) is 55.5 Å². The quantitative estimate of drug-likeness (QED) is 0.313. The van der Waals surface area contributed by atoms with Crippen LogP contribution in [0.2, 0.25) is 0 Å². The van der Waals surface area contributed by atoms with Crippen LogP contribution in [0.25, 0.3) is 10.9 Å². The third kappa shape index (κ3) is 5.31. The molecule has 29 heavy (non-hydrogen) atoms. The molecule has 0 fully saturated rings. The highest BCUT2D eigenvalue weighted by atomic mass is 16.5. The first-order chi connectivity index (χ1) is 14.1. The summed E-state index contributed by atoms with van der Waals surface area (Å²) in [5.74, 6) is -1.15. The summed E-state index contributed by atoms with van der Waals surface area (Å²) < 4.78 is 10.8. The van der Waals surface area contributed by atoms with Gasteiger partial charge in [0.25, 0.3) is 11.7 Å². The topological polar surface area (TPSA) is 80.4 Å². The van der Waals surface area contributed by atoms with Gasteiger partial charge in [-0.1, -0.05) is 42.5 Å². The Bertz CT molecular complexity index is 993. The first-order valence-electron chi connectivity index (χ1n) is 9.73. The molecule has 1 amide bonds. The van der Waals surface area contributed by atoms with Gasteiger partial charge in [0.1, 0.15) is 0 Å². The van der Waals surface area contributed by atoms with E-state index < -0.39 is 11.7 Å². The lowest BCUT2D eigenvalue weighted by Crippen LogP contribution is -2.30. The van der Waals surface area contributed by atoms with Crippen molar-refractivity contribution in [3.05, 3.63) is 70.9 Å². The van der Waals surface area contributed by atoms with Gasteiger partial charge >= 0.3 is 0 Å². The van der Waals surface area contributed by atoms with E-state index in [4.69, 9.17) is 9.47 Å². The normalized spacial score (nSPS) is 11.0. The lowest BCUT2D eigenvalue weighted by atomic mass is 10.1. The zero-order chi connectivity index (χ0) is 20.6. The van der Waals surface area contributed by atoms with Gasteiger partial charge in [-0.25, -0.2) is 0 Å². The van der Waals surface area contributed by atoms with Gasteiger partial charge in [0.05, 0.1) is 25.4 Å². The number of hydrogen-bond acceptors (Lipinski definition) is 4. The fourth-order valence-corrected chi connectivity index (χ4v) is 3.23. The van der Waals surface area contributed by atoms with Crippen LogP contribution in [-0.2, 0) is 27.4 Å². The Labute approximate surface area is 170 Å². The van der Waals surface area contributed by atoms with Crippen LogP contribution in [0.15, 0.2) is 48.5 Å². The van der Waals surface area contributed by atoms with Crippen molar-refractivity contribution in [1.29, 1.82) is 0 Å². The highest BCUT2D eigenvalue weighted by Gasteiger charge is 2.22. The number of carbonyl (C=O) groups excluding carboxylic acids is 2. The number of Topliss-reactive ketones (excluding diaryl/α,β-unsaturated/α-hetero) is 1. The molecule has 0 saturated heterocycles. The van der Waals surface area contributed by atoms with E-state index in [9.17, 15) is 9.59 Å². The molecule has 152 valence electrons. The van der Waals surface area contributed by atoms with Crippen LogP contribution >= 0.6 is 0 Å². The molecular weight excluding hydrogens is 368 g/mol. The van der Waals surface area contributed by atoms with E-state index in [0.717, 1.165) is 22.0 Å². The molecule has 0 radical (unpaired) electrons. The summed E-state index contributed by atoms with van der Waals surface area (Å²) in [4.78, 5) is 28.3. The van der Waals surface area contributed by atoms with Gasteiger partial charge in [0.2, 0.25) is 0 Å². The molecular formula is C23H26N2O4. The van der Waals surface area contributed by atoms with Gasteiger partial charge < -0.3 is 19.8 Å². The van der Waals surface area contributed by atoms with Crippen molar-refractivity contribution in [2.24, 2.45) is 0 Å². The number of para-hydroxylation sites is 1. The van der Waals surface area contributed by atoms with Gasteiger partial charge in [0, 0.05) is 29.7 Å². The number of aromatic nitrogens is 1. The Hall–Kier alpha value is -2.96. The van der Waals surface area contributed by atoms with Crippen molar-refractivity contribution in [2.75, 3.05) is 19.8 Å². The predicted octanol–water partition coefficient (Wildman–Crippen LogP) is 3.53. The van der Waals surface area contributed by atoms with Crippen molar-refractivity contribution in [2.45, 2.75) is 27.0 Å². The molecule has 0 unspecified atom stereocenters. The summed E-state index contributed by atoms with van der Waals surface area (Å²) >= 11 is 0. The molecule has 1 heterocycles. The lowest BCUT2D eigenvalue weighted by molar-refractivity contribution is -0.117. The van der Waals surface area contributed by atoms with Crippen molar-refractivity contribution in [1.82, 2.24) is 10.3 Å². The monoisotopic (exact) mass is 394 g/mol. The maximum Gasteiger partial charge on any atom is 0.292 e. The Balaban J connectivity index is 1.58. The van der Waals surface area contributed by atoms with Crippen LogP contribution in [0.5, 0.6) is 0 Å². The number of aryl methyl sites for hydroxylation is 1. The Morgan fingerprint density at radius 3 is 2.59 bits per heavy atom. The smallest absolute Gasteiger partial charge is 0.292 e. The first kappa shape index (κ1) is 20.8. The van der Waals surface area contributed by atoms with Crippen LogP contribution in [0, 0.1) is 6.92 Å². The fourth-order valence-electron chi connectivity index (χ4n) is 3.23. The molecule has 2 aromatic carbocycles. The average molecular weight is 394 g/mol. The molecule has 3 rings (SSSR count). The molecule has 0 aliphatic rings. The number of hydrogen-bond donors (Lipinski definition) is 2. The highest BCUT2D eigenvalue weighted by Crippen LogP contribution is 2.22. The van der Waals surface area contributed by atoms with E-state index in [1.54, 1.807) is 6.92 Å². The van der Waals surface area contributed by atoms with E-state index in [2.05, 4.69) is 10.3 Å².